The number of dihydropyridines is 1. The van der Waals surface area contributed by atoms with Gasteiger partial charge in [0, 0.05) is 15.7 Å². The average Bonchev–Trinajstić information content (AvgIpc) is 2.73. The van der Waals surface area contributed by atoms with Crippen LogP contribution in [-0.4, -0.2) is 19.3 Å². The van der Waals surface area contributed by atoms with Gasteiger partial charge in [-0.1, -0.05) is 34.1 Å². The Labute approximate surface area is 187 Å². The highest BCUT2D eigenvalue weighted by molar-refractivity contribution is 9.10. The lowest BCUT2D eigenvalue weighted by Gasteiger charge is -2.29. The first-order chi connectivity index (χ1) is 14.4. The fourth-order valence-electron chi connectivity index (χ4n) is 3.33. The number of allylic oxidation sites excluding steroid dienone is 2. The number of thioether (sulfide) groups is 1. The van der Waals surface area contributed by atoms with Crippen LogP contribution in [0.2, 0.25) is 0 Å². The summed E-state index contributed by atoms with van der Waals surface area (Å²) in [6.07, 6.45) is 1.83. The topological polar surface area (TPSA) is 54.7 Å². The first-order valence-electron chi connectivity index (χ1n) is 8.94. The molecule has 0 bridgehead atoms. The number of rotatable bonds is 5. The van der Waals surface area contributed by atoms with Crippen LogP contribution < -0.4 is 15.4 Å². The van der Waals surface area contributed by atoms with Gasteiger partial charge in [0.05, 0.1) is 30.3 Å². The van der Waals surface area contributed by atoms with Crippen molar-refractivity contribution in [2.75, 3.05) is 18.7 Å². The monoisotopic (exact) mass is 487 g/mol. The molecule has 1 heterocycles. The molecular formula is C22H19BrFN3O2S. The highest BCUT2D eigenvalue weighted by Gasteiger charge is 2.36. The van der Waals surface area contributed by atoms with Crippen molar-refractivity contribution in [3.05, 3.63) is 91.7 Å². The molecule has 1 amide bonds. The Morgan fingerprint density at radius 1 is 1.33 bits per heavy atom. The van der Waals surface area contributed by atoms with Crippen molar-refractivity contribution in [3.63, 3.8) is 0 Å². The summed E-state index contributed by atoms with van der Waals surface area (Å²) in [6.45, 7) is 9.46. The lowest BCUT2D eigenvalue weighted by atomic mass is 9.84. The first-order valence-corrected chi connectivity index (χ1v) is 11.0. The van der Waals surface area contributed by atoms with Gasteiger partial charge in [0.2, 0.25) is 5.70 Å². The zero-order chi connectivity index (χ0) is 21.8. The molecular weight excluding hydrogens is 469 g/mol. The Kier molecular flexibility index (Phi) is 6.85. The second-order valence-corrected chi connectivity index (χ2v) is 8.18. The molecule has 30 heavy (non-hydrogen) atoms. The smallest absolute Gasteiger partial charge is 0.253 e. The largest absolute Gasteiger partial charge is 0.495 e. The molecule has 0 spiro atoms. The molecule has 0 fully saturated rings. The van der Waals surface area contributed by atoms with Crippen molar-refractivity contribution in [1.29, 1.82) is 0 Å². The number of benzene rings is 2. The fourth-order valence-corrected chi connectivity index (χ4v) is 4.30. The summed E-state index contributed by atoms with van der Waals surface area (Å²) in [7, 11) is 1.52. The van der Waals surface area contributed by atoms with Gasteiger partial charge in [-0.15, -0.1) is 11.8 Å². The van der Waals surface area contributed by atoms with Crippen LogP contribution in [0.15, 0.2) is 68.9 Å². The van der Waals surface area contributed by atoms with E-state index in [4.69, 9.17) is 11.3 Å². The van der Waals surface area contributed by atoms with Gasteiger partial charge in [-0.05, 0) is 43.0 Å². The van der Waals surface area contributed by atoms with Gasteiger partial charge in [0.25, 0.3) is 5.91 Å². The van der Waals surface area contributed by atoms with Gasteiger partial charge in [-0.3, -0.25) is 4.79 Å². The predicted molar refractivity (Wildman–Crippen MR) is 121 cm³/mol. The Bertz CT molecular complexity index is 1110. The molecule has 0 aliphatic carbocycles. The van der Waals surface area contributed by atoms with E-state index in [0.29, 0.717) is 26.6 Å². The number of nitrogens with one attached hydrogen (secondary N) is 2. The second-order valence-electron chi connectivity index (χ2n) is 6.45. The van der Waals surface area contributed by atoms with E-state index in [2.05, 4.69) is 31.4 Å². The minimum Gasteiger partial charge on any atom is -0.495 e. The quantitative estimate of drug-likeness (QED) is 0.535. The number of halogens is 2. The fraction of sp³-hybridized carbons (Fsp3) is 0.182. The van der Waals surface area contributed by atoms with E-state index in [0.717, 1.165) is 0 Å². The van der Waals surface area contributed by atoms with Crippen molar-refractivity contribution in [2.45, 2.75) is 12.8 Å². The molecule has 2 aromatic rings. The number of nitrogens with zero attached hydrogens (tertiary/aromatic N) is 1. The maximum absolute atomic E-state index is 14.9. The lowest BCUT2D eigenvalue weighted by molar-refractivity contribution is -0.113. The van der Waals surface area contributed by atoms with E-state index in [1.807, 2.05) is 6.26 Å². The van der Waals surface area contributed by atoms with E-state index in [-0.39, 0.29) is 16.8 Å². The molecule has 154 valence electrons. The molecule has 2 aromatic carbocycles. The minimum absolute atomic E-state index is 0.266. The molecule has 2 N–H and O–H groups in total. The molecule has 0 radical (unpaired) electrons. The Hall–Kier alpha value is -2.76. The molecule has 5 nitrogen and oxygen atoms in total. The predicted octanol–water partition coefficient (Wildman–Crippen LogP) is 5.65. The Balaban J connectivity index is 2.12. The van der Waals surface area contributed by atoms with Gasteiger partial charge in [-0.2, -0.15) is 0 Å². The van der Waals surface area contributed by atoms with Crippen LogP contribution in [0.3, 0.4) is 0 Å². The molecule has 1 aliphatic heterocycles. The molecule has 0 saturated carbocycles. The van der Waals surface area contributed by atoms with Gasteiger partial charge < -0.3 is 15.4 Å². The van der Waals surface area contributed by atoms with Crippen molar-refractivity contribution >= 4 is 39.3 Å². The third-order valence-corrected chi connectivity index (χ3v) is 5.91. The standard InChI is InChI=1S/C22H19BrFN3O2S/c1-12-18(21(28)27-16-7-5-6-8-17(16)29-3)19(20(25-2)22(26-12)30-4)14-10-9-13(23)11-15(14)24/h5-11,19,26H,1,3-4H3,(H,27,28). The average molecular weight is 488 g/mol. The summed E-state index contributed by atoms with van der Waals surface area (Å²) in [5.74, 6) is -1.26. The van der Waals surface area contributed by atoms with Gasteiger partial charge >= 0.3 is 0 Å². The zero-order valence-corrected chi connectivity index (χ0v) is 18.9. The van der Waals surface area contributed by atoms with Crippen molar-refractivity contribution in [1.82, 2.24) is 5.32 Å². The van der Waals surface area contributed by atoms with Crippen molar-refractivity contribution in [3.8, 4) is 5.75 Å². The summed E-state index contributed by atoms with van der Waals surface area (Å²) in [5.41, 5.74) is 1.88. The molecule has 0 aromatic heterocycles. The number of methoxy groups -OCH3 is 1. The summed E-state index contributed by atoms with van der Waals surface area (Å²) in [4.78, 5) is 17.0. The number of para-hydroxylation sites is 2. The third kappa shape index (κ3) is 4.23. The summed E-state index contributed by atoms with van der Waals surface area (Å²) >= 11 is 4.61. The van der Waals surface area contributed by atoms with Crippen LogP contribution in [-0.2, 0) is 4.79 Å². The Morgan fingerprint density at radius 2 is 2.07 bits per heavy atom. The van der Waals surface area contributed by atoms with Crippen LogP contribution >= 0.6 is 27.7 Å². The van der Waals surface area contributed by atoms with Crippen LogP contribution in [0.25, 0.3) is 4.85 Å². The minimum atomic E-state index is -0.839. The first kappa shape index (κ1) is 21.9. The molecule has 1 unspecified atom stereocenters. The number of carbonyl (C=O) groups is 1. The summed E-state index contributed by atoms with van der Waals surface area (Å²) in [6, 6.07) is 11.7. The maximum Gasteiger partial charge on any atom is 0.253 e. The highest BCUT2D eigenvalue weighted by atomic mass is 79.9. The van der Waals surface area contributed by atoms with E-state index in [1.165, 1.54) is 24.9 Å². The second kappa shape index (κ2) is 9.37. The van der Waals surface area contributed by atoms with Gasteiger partial charge in [0.15, 0.2) is 0 Å². The normalized spacial score (nSPS) is 16.1. The van der Waals surface area contributed by atoms with E-state index < -0.39 is 17.6 Å². The van der Waals surface area contributed by atoms with E-state index >= 15 is 0 Å². The molecule has 0 saturated heterocycles. The number of amides is 1. The van der Waals surface area contributed by atoms with E-state index in [1.54, 1.807) is 43.3 Å². The van der Waals surface area contributed by atoms with Crippen LogP contribution in [0.5, 0.6) is 5.75 Å². The molecule has 1 aliphatic rings. The number of anilines is 1. The zero-order valence-electron chi connectivity index (χ0n) is 16.5. The Morgan fingerprint density at radius 3 is 2.70 bits per heavy atom. The summed E-state index contributed by atoms with van der Waals surface area (Å²) < 4.78 is 20.8. The van der Waals surface area contributed by atoms with Gasteiger partial charge in [0.1, 0.15) is 11.6 Å². The third-order valence-electron chi connectivity index (χ3n) is 4.70. The van der Waals surface area contributed by atoms with E-state index in [9.17, 15) is 9.18 Å². The molecule has 3 rings (SSSR count). The molecule has 8 heteroatoms. The number of carbonyl (C=O) groups excluding carboxylic acids is 1. The van der Waals surface area contributed by atoms with Crippen LogP contribution in [0.4, 0.5) is 10.1 Å². The van der Waals surface area contributed by atoms with Crippen molar-refractivity contribution < 1.29 is 13.9 Å². The lowest BCUT2D eigenvalue weighted by Crippen LogP contribution is -2.30. The summed E-state index contributed by atoms with van der Waals surface area (Å²) in [5, 5.41) is 6.57. The van der Waals surface area contributed by atoms with Crippen LogP contribution in [0.1, 0.15) is 18.4 Å². The molecule has 1 atom stereocenters. The number of ether oxygens (including phenoxy) is 1. The SMILES string of the molecule is [C-]#[N+]C1=C(SC)NC(C)=C(C(=O)Nc2ccccc2OC)C1c1ccc(Br)cc1F. The van der Waals surface area contributed by atoms with Crippen molar-refractivity contribution in [2.24, 2.45) is 0 Å². The van der Waals surface area contributed by atoms with Crippen LogP contribution in [0, 0.1) is 12.4 Å². The maximum atomic E-state index is 14.9. The highest BCUT2D eigenvalue weighted by Crippen LogP contribution is 2.43. The number of hydrogen-bond acceptors (Lipinski definition) is 4. The van der Waals surface area contributed by atoms with Gasteiger partial charge in [-0.25, -0.2) is 9.24 Å². The number of hydrogen-bond donors (Lipinski definition) is 2.